The third-order valence-electron chi connectivity index (χ3n) is 9.99. The molecule has 0 bridgehead atoms. The summed E-state index contributed by atoms with van der Waals surface area (Å²) in [7, 11) is 0. The molecule has 7 aromatic carbocycles. The second kappa shape index (κ2) is 14.0. The van der Waals surface area contributed by atoms with Crippen LogP contribution in [0, 0.1) is 12.9 Å². The van der Waals surface area contributed by atoms with Crippen molar-refractivity contribution >= 4 is 33.0 Å². The number of fused-ring (bicyclic) bond motifs is 4. The van der Waals surface area contributed by atoms with Crippen LogP contribution in [0.4, 0.5) is 0 Å². The van der Waals surface area contributed by atoms with Crippen molar-refractivity contribution < 1.29 is 34.7 Å². The minimum absolute atomic E-state index is 0. The summed E-state index contributed by atoms with van der Waals surface area (Å²) in [5.41, 5.74) is 11.6. The van der Waals surface area contributed by atoms with Gasteiger partial charge in [-0.1, -0.05) is 144 Å². The van der Waals surface area contributed by atoms with Crippen LogP contribution in [0.2, 0.25) is 0 Å². The van der Waals surface area contributed by atoms with Crippen molar-refractivity contribution in [2.45, 2.75) is 6.85 Å². The Labute approximate surface area is 336 Å². The molecule has 10 rings (SSSR count). The van der Waals surface area contributed by atoms with Gasteiger partial charge in [0.05, 0.1) is 27.9 Å². The van der Waals surface area contributed by atoms with Crippen LogP contribution in [-0.4, -0.2) is 19.6 Å². The van der Waals surface area contributed by atoms with E-state index in [4.69, 9.17) is 18.5 Å². The zero-order valence-corrected chi connectivity index (χ0v) is 31.5. The molecular formula is C49H32N3O2Pt-. The first-order valence-electron chi connectivity index (χ1n) is 19.2. The Balaban J connectivity index is 0.00000436. The van der Waals surface area contributed by atoms with Crippen LogP contribution in [0.15, 0.2) is 174 Å². The molecule has 0 fully saturated rings. The van der Waals surface area contributed by atoms with Crippen molar-refractivity contribution in [1.29, 1.82) is 0 Å². The molecule has 0 unspecified atom stereocenters. The maximum atomic E-state index is 11.3. The van der Waals surface area contributed by atoms with E-state index in [1.807, 2.05) is 103 Å². The minimum Gasteiger partial charge on any atom is -0.507 e. The summed E-state index contributed by atoms with van der Waals surface area (Å²) < 4.78 is 32.1. The van der Waals surface area contributed by atoms with Crippen LogP contribution in [0.1, 0.15) is 9.68 Å². The number of aryl methyl sites for hydroxylation is 1. The van der Waals surface area contributed by atoms with Gasteiger partial charge < -0.3 is 9.52 Å². The average molecular weight is 893 g/mol. The molecule has 1 N–H and O–H groups in total. The third-order valence-corrected chi connectivity index (χ3v) is 9.99. The predicted molar refractivity (Wildman–Crippen MR) is 219 cm³/mol. The van der Waals surface area contributed by atoms with Crippen molar-refractivity contribution in [3.8, 4) is 67.5 Å². The zero-order valence-electron chi connectivity index (χ0n) is 32.2. The Morgan fingerprint density at radius 3 is 2.24 bits per heavy atom. The van der Waals surface area contributed by atoms with E-state index in [1.165, 1.54) is 0 Å². The molecule has 0 atom stereocenters. The number of nitrogens with zero attached hydrogens (tertiary/aromatic N) is 3. The van der Waals surface area contributed by atoms with Crippen LogP contribution in [0.5, 0.6) is 5.75 Å². The first-order valence-corrected chi connectivity index (χ1v) is 17.7. The fourth-order valence-electron chi connectivity index (χ4n) is 7.43. The second-order valence-corrected chi connectivity index (χ2v) is 13.3. The van der Waals surface area contributed by atoms with Crippen LogP contribution >= 0.6 is 0 Å². The number of benzene rings is 7. The molecular weight excluding hydrogens is 858 g/mol. The van der Waals surface area contributed by atoms with Gasteiger partial charge in [0.25, 0.3) is 0 Å². The maximum absolute atomic E-state index is 11.3. The molecule has 0 spiro atoms. The molecule has 0 amide bonds. The Morgan fingerprint density at radius 2 is 1.40 bits per heavy atom. The normalized spacial score (nSPS) is 12.3. The number of para-hydroxylation sites is 4. The molecule has 3 heterocycles. The molecule has 0 saturated heterocycles. The summed E-state index contributed by atoms with van der Waals surface area (Å²) in [4.78, 5) is 10.2. The largest absolute Gasteiger partial charge is 0.507 e. The van der Waals surface area contributed by atoms with Gasteiger partial charge in [-0.2, -0.15) is 0 Å². The first kappa shape index (κ1) is 30.9. The van der Waals surface area contributed by atoms with Crippen molar-refractivity contribution in [2.24, 2.45) is 0 Å². The molecule has 5 nitrogen and oxygen atoms in total. The second-order valence-electron chi connectivity index (χ2n) is 13.3. The van der Waals surface area contributed by atoms with E-state index in [-0.39, 0.29) is 26.8 Å². The average Bonchev–Trinajstić information content (AvgIpc) is 3.83. The number of phenols is 1. The number of aromatic hydroxyl groups is 1. The number of aromatic nitrogens is 3. The SMILES string of the molecule is [2H]C([2H])([2H])c1ccc(-c2ccnc(-c3[c-]c(-c4cccc5c4nc(-c4ccccc4O)n5-c4ccccc4-c4ccccc4)c4oc5ccccc5c4c3)c2)cc1.[Pt]. The summed E-state index contributed by atoms with van der Waals surface area (Å²) in [5.74, 6) is 0.717. The van der Waals surface area contributed by atoms with Crippen molar-refractivity contribution in [3.05, 3.63) is 182 Å². The van der Waals surface area contributed by atoms with E-state index in [0.29, 0.717) is 33.7 Å². The molecule has 0 radical (unpaired) electrons. The van der Waals surface area contributed by atoms with E-state index >= 15 is 0 Å². The molecule has 0 aliphatic heterocycles. The van der Waals surface area contributed by atoms with E-state index in [9.17, 15) is 5.11 Å². The molecule has 6 heteroatoms. The summed E-state index contributed by atoms with van der Waals surface area (Å²) in [6.45, 7) is -2.18. The summed E-state index contributed by atoms with van der Waals surface area (Å²) in [6, 6.07) is 56.5. The smallest absolute Gasteiger partial charge is 0.148 e. The number of hydrogen-bond acceptors (Lipinski definition) is 4. The monoisotopic (exact) mass is 892 g/mol. The summed E-state index contributed by atoms with van der Waals surface area (Å²) >= 11 is 0. The van der Waals surface area contributed by atoms with Crippen molar-refractivity contribution in [3.63, 3.8) is 0 Å². The zero-order chi connectivity index (χ0) is 38.7. The van der Waals surface area contributed by atoms with Gasteiger partial charge in [-0.25, -0.2) is 4.98 Å². The fraction of sp³-hybridized carbons (Fsp3) is 0.0204. The standard InChI is InChI=1S/C49H32N3O2.Pt/c1-31-22-24-32(25-23-31)34-26-27-50-42(30-34)35-28-40-37-15-7-10-21-46(37)54-48(40)41(29-35)38-17-11-19-44-47(38)51-49(39-16-6-9-20-45(39)53)52(44)43-18-8-5-14-36(43)33-12-3-2-4-13-33;/h2-28,30,53H,1H3;/q-1;/i1D3;. The molecule has 0 saturated carbocycles. The number of furan rings is 1. The number of phenolic OH excluding ortho intramolecular Hbond substituents is 1. The van der Waals surface area contributed by atoms with Gasteiger partial charge in [-0.3, -0.25) is 9.55 Å². The Kier molecular flexibility index (Phi) is 7.87. The quantitative estimate of drug-likeness (QED) is 0.169. The van der Waals surface area contributed by atoms with E-state index < -0.39 is 6.85 Å². The number of hydrogen-bond donors (Lipinski definition) is 1. The van der Waals surface area contributed by atoms with Gasteiger partial charge in [-0.05, 0) is 65.3 Å². The van der Waals surface area contributed by atoms with Crippen LogP contribution in [-0.2, 0) is 21.1 Å². The topological polar surface area (TPSA) is 64.1 Å². The van der Waals surface area contributed by atoms with Gasteiger partial charge in [-0.15, -0.1) is 12.1 Å². The predicted octanol–water partition coefficient (Wildman–Crippen LogP) is 12.5. The van der Waals surface area contributed by atoms with Gasteiger partial charge in [0, 0.05) is 48.0 Å². The van der Waals surface area contributed by atoms with Gasteiger partial charge in [0.15, 0.2) is 0 Å². The molecule has 55 heavy (non-hydrogen) atoms. The first-order chi connectivity index (χ1) is 27.8. The summed E-state index contributed by atoms with van der Waals surface area (Å²) in [6.07, 6.45) is 1.76. The minimum atomic E-state index is -2.18. The van der Waals surface area contributed by atoms with Crippen LogP contribution in [0.3, 0.4) is 0 Å². The molecule has 0 aliphatic rings. The molecule has 3 aromatic heterocycles. The number of rotatable bonds is 6. The van der Waals surface area contributed by atoms with Gasteiger partial charge in [0.1, 0.15) is 17.2 Å². The van der Waals surface area contributed by atoms with Gasteiger partial charge in [0.2, 0.25) is 0 Å². The van der Waals surface area contributed by atoms with E-state index in [0.717, 1.165) is 66.5 Å². The molecule has 10 aromatic rings. The number of imidazole rings is 1. The number of pyridine rings is 1. The molecule has 0 aliphatic carbocycles. The van der Waals surface area contributed by atoms with E-state index in [2.05, 4.69) is 53.1 Å². The Hall–Kier alpha value is -6.55. The summed E-state index contributed by atoms with van der Waals surface area (Å²) in [5, 5.41) is 13.1. The third kappa shape index (κ3) is 5.94. The Morgan fingerprint density at radius 1 is 0.655 bits per heavy atom. The maximum Gasteiger partial charge on any atom is 0.148 e. The van der Waals surface area contributed by atoms with Crippen molar-refractivity contribution in [2.75, 3.05) is 0 Å². The van der Waals surface area contributed by atoms with Crippen LogP contribution in [0.25, 0.3) is 94.7 Å². The van der Waals surface area contributed by atoms with E-state index in [1.54, 1.807) is 24.4 Å². The fourth-order valence-corrected chi connectivity index (χ4v) is 7.43. The Bertz CT molecular complexity index is 3140. The van der Waals surface area contributed by atoms with Crippen molar-refractivity contribution in [1.82, 2.24) is 14.5 Å². The molecule has 266 valence electrons. The van der Waals surface area contributed by atoms with Gasteiger partial charge >= 0.3 is 0 Å². The van der Waals surface area contributed by atoms with Crippen LogP contribution < -0.4 is 0 Å².